The van der Waals surface area contributed by atoms with Gasteiger partial charge in [-0.1, -0.05) is 64.2 Å². The highest BCUT2D eigenvalue weighted by Gasteiger charge is 2.36. The molecule has 1 atom stereocenters. The van der Waals surface area contributed by atoms with Gasteiger partial charge in [0.05, 0.1) is 13.2 Å². The number of aliphatic hydroxyl groups excluding tert-OH is 3. The normalized spacial score (nSPS) is 26.9. The summed E-state index contributed by atoms with van der Waals surface area (Å²) in [5.41, 5.74) is -0.473. The van der Waals surface area contributed by atoms with Crippen molar-refractivity contribution >= 4 is 0 Å². The average Bonchev–Trinajstić information content (AvgIpc) is 2.49. The maximum absolute atomic E-state index is 9.78. The van der Waals surface area contributed by atoms with Crippen LogP contribution in [0, 0.1) is 11.3 Å². The van der Waals surface area contributed by atoms with Crippen molar-refractivity contribution in [1.82, 2.24) is 0 Å². The molecule has 0 heterocycles. The lowest BCUT2D eigenvalue weighted by Gasteiger charge is -2.37. The lowest BCUT2D eigenvalue weighted by atomic mass is 9.71. The quantitative estimate of drug-likeness (QED) is 0.746. The van der Waals surface area contributed by atoms with E-state index in [0.717, 1.165) is 25.7 Å². The van der Waals surface area contributed by atoms with Crippen molar-refractivity contribution < 1.29 is 15.3 Å². The third kappa shape index (κ3) is 5.71. The van der Waals surface area contributed by atoms with Crippen molar-refractivity contribution in [1.29, 1.82) is 0 Å². The highest BCUT2D eigenvalue weighted by Crippen LogP contribution is 2.36. The number of aliphatic hydroxyl groups is 3. The van der Waals surface area contributed by atoms with Crippen LogP contribution in [-0.4, -0.2) is 35.1 Å². The first-order valence-electron chi connectivity index (χ1n) is 8.61. The predicted molar refractivity (Wildman–Crippen MR) is 82.6 cm³/mol. The smallest absolute Gasteiger partial charge is 0.0512 e. The summed E-state index contributed by atoms with van der Waals surface area (Å²) in [4.78, 5) is 0. The minimum Gasteiger partial charge on any atom is -0.396 e. The molecule has 1 aliphatic rings. The largest absolute Gasteiger partial charge is 0.396 e. The van der Waals surface area contributed by atoms with Crippen molar-refractivity contribution in [3.05, 3.63) is 0 Å². The second-order valence-corrected chi connectivity index (χ2v) is 6.63. The summed E-state index contributed by atoms with van der Waals surface area (Å²) in [6.45, 7) is 0.0740. The van der Waals surface area contributed by atoms with E-state index in [0.29, 0.717) is 0 Å². The van der Waals surface area contributed by atoms with Gasteiger partial charge in [-0.3, -0.25) is 0 Å². The van der Waals surface area contributed by atoms with Gasteiger partial charge in [0.2, 0.25) is 0 Å². The molecular formula is C17H34O3. The molecule has 0 amide bonds. The van der Waals surface area contributed by atoms with Crippen molar-refractivity contribution in [3.63, 3.8) is 0 Å². The second kappa shape index (κ2) is 10.6. The molecule has 0 aromatic heterocycles. The maximum Gasteiger partial charge on any atom is 0.0512 e. The Morgan fingerprint density at radius 1 is 0.650 bits per heavy atom. The summed E-state index contributed by atoms with van der Waals surface area (Å²) in [7, 11) is 0. The Labute approximate surface area is 124 Å². The Balaban J connectivity index is 2.61. The molecular weight excluding hydrogens is 252 g/mol. The van der Waals surface area contributed by atoms with E-state index in [1.54, 1.807) is 0 Å². The molecule has 0 aromatic carbocycles. The van der Waals surface area contributed by atoms with Crippen LogP contribution >= 0.6 is 0 Å². The molecule has 0 aliphatic heterocycles. The molecule has 20 heavy (non-hydrogen) atoms. The van der Waals surface area contributed by atoms with E-state index >= 15 is 0 Å². The van der Waals surface area contributed by atoms with E-state index in [1.807, 2.05) is 0 Å². The molecule has 1 unspecified atom stereocenters. The zero-order chi connectivity index (χ0) is 14.7. The summed E-state index contributed by atoms with van der Waals surface area (Å²) in [6, 6.07) is 0. The van der Waals surface area contributed by atoms with Crippen LogP contribution in [0.3, 0.4) is 0 Å². The SMILES string of the molecule is OCC1CCCCCCCCCCCCC1(CO)CO. The fourth-order valence-corrected chi connectivity index (χ4v) is 3.54. The Morgan fingerprint density at radius 2 is 1.10 bits per heavy atom. The van der Waals surface area contributed by atoms with Crippen molar-refractivity contribution in [2.24, 2.45) is 11.3 Å². The van der Waals surface area contributed by atoms with Gasteiger partial charge in [-0.25, -0.2) is 0 Å². The van der Waals surface area contributed by atoms with Crippen LogP contribution in [0.1, 0.15) is 77.0 Å². The van der Waals surface area contributed by atoms with Crippen LogP contribution < -0.4 is 0 Å². The second-order valence-electron chi connectivity index (χ2n) is 6.63. The molecule has 1 rings (SSSR count). The molecule has 1 fully saturated rings. The fourth-order valence-electron chi connectivity index (χ4n) is 3.54. The maximum atomic E-state index is 9.78. The lowest BCUT2D eigenvalue weighted by Crippen LogP contribution is -2.40. The topological polar surface area (TPSA) is 60.7 Å². The van der Waals surface area contributed by atoms with Crippen LogP contribution in [0.4, 0.5) is 0 Å². The molecule has 0 radical (unpaired) electrons. The van der Waals surface area contributed by atoms with Gasteiger partial charge in [0, 0.05) is 12.0 Å². The van der Waals surface area contributed by atoms with Gasteiger partial charge in [-0.2, -0.15) is 0 Å². The molecule has 0 bridgehead atoms. The fraction of sp³-hybridized carbons (Fsp3) is 1.00. The molecule has 0 spiro atoms. The molecule has 1 aliphatic carbocycles. The summed E-state index contributed by atoms with van der Waals surface area (Å²) in [5.74, 6) is 0.0421. The minimum absolute atomic E-state index is 0.00523. The van der Waals surface area contributed by atoms with Gasteiger partial charge < -0.3 is 15.3 Å². The van der Waals surface area contributed by atoms with E-state index in [1.165, 1.54) is 51.4 Å². The Kier molecular flexibility index (Phi) is 9.49. The third-order valence-corrected chi connectivity index (χ3v) is 5.19. The van der Waals surface area contributed by atoms with E-state index in [2.05, 4.69) is 0 Å². The lowest BCUT2D eigenvalue weighted by molar-refractivity contribution is -0.0304. The van der Waals surface area contributed by atoms with Crippen molar-refractivity contribution in [2.45, 2.75) is 77.0 Å². The summed E-state index contributed by atoms with van der Waals surface area (Å²) >= 11 is 0. The van der Waals surface area contributed by atoms with E-state index in [9.17, 15) is 15.3 Å². The van der Waals surface area contributed by atoms with E-state index < -0.39 is 5.41 Å². The molecule has 3 nitrogen and oxygen atoms in total. The molecule has 1 saturated carbocycles. The van der Waals surface area contributed by atoms with E-state index in [4.69, 9.17) is 0 Å². The van der Waals surface area contributed by atoms with Gasteiger partial charge in [0.15, 0.2) is 0 Å². The predicted octanol–water partition coefficient (Wildman–Crippen LogP) is 3.26. The monoisotopic (exact) mass is 286 g/mol. The van der Waals surface area contributed by atoms with Crippen molar-refractivity contribution in [2.75, 3.05) is 19.8 Å². The van der Waals surface area contributed by atoms with Crippen molar-refractivity contribution in [3.8, 4) is 0 Å². The van der Waals surface area contributed by atoms with Crippen LogP contribution in [0.25, 0.3) is 0 Å². The Morgan fingerprint density at radius 3 is 1.55 bits per heavy atom. The zero-order valence-corrected chi connectivity index (χ0v) is 13.0. The van der Waals surface area contributed by atoms with Crippen LogP contribution in [-0.2, 0) is 0 Å². The molecule has 120 valence electrons. The molecule has 0 saturated heterocycles. The number of hydrogen-bond donors (Lipinski definition) is 3. The Hall–Kier alpha value is -0.120. The van der Waals surface area contributed by atoms with Gasteiger partial charge >= 0.3 is 0 Å². The summed E-state index contributed by atoms with van der Waals surface area (Å²) in [5, 5.41) is 29.2. The van der Waals surface area contributed by atoms with Gasteiger partial charge in [-0.15, -0.1) is 0 Å². The molecule has 3 heteroatoms. The van der Waals surface area contributed by atoms with Gasteiger partial charge in [0.1, 0.15) is 0 Å². The van der Waals surface area contributed by atoms with Crippen LogP contribution in [0.5, 0.6) is 0 Å². The summed E-state index contributed by atoms with van der Waals surface area (Å²) in [6.07, 6.45) is 14.2. The standard InChI is InChI=1S/C17H34O3/c18-13-16-11-9-7-5-3-1-2-4-6-8-10-12-17(16,14-19)15-20/h16,18-20H,1-15H2. The molecule has 0 aromatic rings. The highest BCUT2D eigenvalue weighted by atomic mass is 16.3. The first-order valence-corrected chi connectivity index (χ1v) is 8.61. The highest BCUT2D eigenvalue weighted by molar-refractivity contribution is 4.85. The summed E-state index contributed by atoms with van der Waals surface area (Å²) < 4.78 is 0. The molecule has 3 N–H and O–H groups in total. The van der Waals surface area contributed by atoms with Crippen LogP contribution in [0.15, 0.2) is 0 Å². The third-order valence-electron chi connectivity index (χ3n) is 5.19. The average molecular weight is 286 g/mol. The van der Waals surface area contributed by atoms with Gasteiger partial charge in [-0.05, 0) is 18.8 Å². The van der Waals surface area contributed by atoms with Gasteiger partial charge in [0.25, 0.3) is 0 Å². The first-order chi connectivity index (χ1) is 9.79. The zero-order valence-electron chi connectivity index (χ0n) is 13.0. The van der Waals surface area contributed by atoms with Crippen LogP contribution in [0.2, 0.25) is 0 Å². The minimum atomic E-state index is -0.473. The Bertz CT molecular complexity index is 226. The number of rotatable bonds is 3. The van der Waals surface area contributed by atoms with E-state index in [-0.39, 0.29) is 25.7 Å². The number of hydrogen-bond acceptors (Lipinski definition) is 3. The first kappa shape index (κ1) is 17.9.